The van der Waals surface area contributed by atoms with Gasteiger partial charge in [0.2, 0.25) is 0 Å². The highest BCUT2D eigenvalue weighted by atomic mass is 16.5. The number of nitrogens with one attached hydrogen (secondary N) is 2. The van der Waals surface area contributed by atoms with E-state index in [1.807, 2.05) is 39.1 Å². The Morgan fingerprint density at radius 2 is 1.91 bits per heavy atom. The molecule has 1 spiro atoms. The van der Waals surface area contributed by atoms with E-state index in [9.17, 15) is 30.3 Å². The van der Waals surface area contributed by atoms with Crippen LogP contribution in [0.5, 0.6) is 0 Å². The van der Waals surface area contributed by atoms with Crippen molar-refractivity contribution in [1.29, 1.82) is 0 Å². The molecule has 1 aromatic carbocycles. The summed E-state index contributed by atoms with van der Waals surface area (Å²) in [4.78, 5) is 12.4. The Morgan fingerprint density at radius 3 is 2.62 bits per heavy atom. The van der Waals surface area contributed by atoms with Crippen LogP contribution in [0.4, 0.5) is 0 Å². The second-order valence-corrected chi connectivity index (χ2v) is 16.7. The number of rotatable bonds is 14. The zero-order chi connectivity index (χ0) is 39.8. The maximum Gasteiger partial charge on any atom is 0.145 e. The van der Waals surface area contributed by atoms with Crippen molar-refractivity contribution in [1.82, 2.24) is 10.6 Å². The molecule has 4 aliphatic rings. The van der Waals surface area contributed by atoms with Crippen molar-refractivity contribution in [2.45, 2.75) is 96.1 Å². The second kappa shape index (κ2) is 19.4. The predicted octanol–water partition coefficient (Wildman–Crippen LogP) is 4.90. The minimum Gasteiger partial charge on any atom is -0.396 e. The molecule has 1 heterocycles. The number of benzene rings is 1. The molecule has 302 valence electrons. The molecule has 7 N–H and O–H groups in total. The Bertz CT molecular complexity index is 1650. The van der Waals surface area contributed by atoms with Crippen molar-refractivity contribution in [2.75, 3.05) is 40.0 Å². The molecule has 5 rings (SSSR count). The molecule has 2 saturated carbocycles. The fourth-order valence-corrected chi connectivity index (χ4v) is 10.4. The van der Waals surface area contributed by atoms with E-state index >= 15 is 0 Å². The number of aldehydes is 1. The number of fused-ring (bicyclic) bond motifs is 5. The smallest absolute Gasteiger partial charge is 0.145 e. The minimum atomic E-state index is -1.23. The molecule has 3 aliphatic carbocycles. The summed E-state index contributed by atoms with van der Waals surface area (Å²) in [6.07, 6.45) is 16.3. The van der Waals surface area contributed by atoms with Gasteiger partial charge < -0.3 is 35.6 Å². The zero-order valence-electron chi connectivity index (χ0n) is 33.4. The van der Waals surface area contributed by atoms with Crippen LogP contribution < -0.4 is 10.6 Å². The van der Waals surface area contributed by atoms with Crippen LogP contribution in [-0.2, 0) is 22.4 Å². The highest BCUT2D eigenvalue weighted by molar-refractivity contribution is 5.74. The third kappa shape index (κ3) is 9.43. The van der Waals surface area contributed by atoms with Gasteiger partial charge in [0.25, 0.3) is 0 Å². The van der Waals surface area contributed by atoms with E-state index in [-0.39, 0.29) is 62.1 Å². The highest BCUT2D eigenvalue weighted by Gasteiger charge is 2.68. The molecule has 0 radical (unpaired) electrons. The number of aliphatic hydroxyl groups is 5. The van der Waals surface area contributed by atoms with Crippen molar-refractivity contribution in [2.24, 2.45) is 35.0 Å². The Balaban J connectivity index is 1.49. The Labute approximate surface area is 328 Å². The van der Waals surface area contributed by atoms with Crippen LogP contribution >= 0.6 is 0 Å². The van der Waals surface area contributed by atoms with Gasteiger partial charge in [-0.2, -0.15) is 0 Å². The van der Waals surface area contributed by atoms with Crippen LogP contribution in [0.25, 0.3) is 0 Å². The van der Waals surface area contributed by atoms with Gasteiger partial charge in [0, 0.05) is 29.9 Å². The molecule has 1 aromatic rings. The number of hydrogen-bond acceptors (Lipinski definition) is 9. The van der Waals surface area contributed by atoms with E-state index in [4.69, 9.17) is 4.74 Å². The summed E-state index contributed by atoms with van der Waals surface area (Å²) in [6, 6.07) is 8.75. The quantitative estimate of drug-likeness (QED) is 0.0462. The molecule has 1 aliphatic heterocycles. The summed E-state index contributed by atoms with van der Waals surface area (Å²) in [6.45, 7) is 11.1. The van der Waals surface area contributed by atoms with E-state index in [0.717, 1.165) is 41.4 Å². The molecule has 2 fully saturated rings. The molecule has 0 aromatic heterocycles. The molecule has 55 heavy (non-hydrogen) atoms. The molecule has 9 nitrogen and oxygen atoms in total. The van der Waals surface area contributed by atoms with Gasteiger partial charge in [-0.25, -0.2) is 0 Å². The lowest BCUT2D eigenvalue weighted by molar-refractivity contribution is -0.194. The standard InChI is InChI=1S/C46H66N2O7/c1-30(37-13-12-31(2)44(53)48-33(4)24-34-9-7-10-35(25-34)26-37)8-6-11-39(29-55-23-22-50)40-16-18-46(43(40)52)42-36(17-21-49)14-15-38(41(42)32(3)28-51)27-45(46,54)19-20-47-5/h6-12,14-15,25,28,33,36-38,40,42-44,47-50,52-54H,1,13,16-24,26-27,29H2,2-5H3. The van der Waals surface area contributed by atoms with Crippen LogP contribution in [0.2, 0.25) is 0 Å². The topological polar surface area (TPSA) is 152 Å². The summed E-state index contributed by atoms with van der Waals surface area (Å²) < 4.78 is 5.93. The van der Waals surface area contributed by atoms with Crippen molar-refractivity contribution in [3.63, 3.8) is 0 Å². The summed E-state index contributed by atoms with van der Waals surface area (Å²) in [5.74, 6) is -0.857. The average molecular weight is 759 g/mol. The summed E-state index contributed by atoms with van der Waals surface area (Å²) in [5, 5.41) is 62.8. The molecule has 10 atom stereocenters. The van der Waals surface area contributed by atoms with Gasteiger partial charge in [-0.15, -0.1) is 0 Å². The zero-order valence-corrected chi connectivity index (χ0v) is 33.4. The van der Waals surface area contributed by atoms with Crippen LogP contribution in [0.15, 0.2) is 95.2 Å². The van der Waals surface area contributed by atoms with Gasteiger partial charge in [0.1, 0.15) is 12.5 Å². The predicted molar refractivity (Wildman–Crippen MR) is 218 cm³/mol. The first kappa shape index (κ1) is 43.1. The normalized spacial score (nSPS) is 35.0. The van der Waals surface area contributed by atoms with Gasteiger partial charge in [-0.1, -0.05) is 78.4 Å². The Hall–Kier alpha value is -2.99. The van der Waals surface area contributed by atoms with Gasteiger partial charge in [-0.3, -0.25) is 10.1 Å². The molecule has 0 saturated heterocycles. The molecular weight excluding hydrogens is 693 g/mol. The van der Waals surface area contributed by atoms with Crippen LogP contribution in [-0.4, -0.2) is 95.8 Å². The third-order valence-electron chi connectivity index (χ3n) is 13.1. The maximum atomic E-state index is 12.9. The first-order chi connectivity index (χ1) is 26.4. The first-order valence-electron chi connectivity index (χ1n) is 20.4. The lowest BCUT2D eigenvalue weighted by Crippen LogP contribution is -2.65. The first-order valence-corrected chi connectivity index (χ1v) is 20.4. The lowest BCUT2D eigenvalue weighted by atomic mass is 9.45. The van der Waals surface area contributed by atoms with Gasteiger partial charge in [-0.05, 0) is 131 Å². The summed E-state index contributed by atoms with van der Waals surface area (Å²) in [5.41, 5.74) is 4.56. The van der Waals surface area contributed by atoms with Crippen molar-refractivity contribution >= 4 is 6.29 Å². The minimum absolute atomic E-state index is 0.0402. The Kier molecular flexibility index (Phi) is 15.2. The Morgan fingerprint density at radius 1 is 1.15 bits per heavy atom. The van der Waals surface area contributed by atoms with Crippen LogP contribution in [0.1, 0.15) is 70.4 Å². The number of carbonyl (C=O) groups excluding carboxylic acids is 1. The van der Waals surface area contributed by atoms with Crippen LogP contribution in [0.3, 0.4) is 0 Å². The van der Waals surface area contributed by atoms with Crippen LogP contribution in [0, 0.1) is 35.0 Å². The summed E-state index contributed by atoms with van der Waals surface area (Å²) in [7, 11) is 1.86. The van der Waals surface area contributed by atoms with E-state index in [1.54, 1.807) is 0 Å². The number of carbonyl (C=O) groups is 1. The van der Waals surface area contributed by atoms with E-state index in [2.05, 4.69) is 66.6 Å². The number of hydrogen-bond donors (Lipinski definition) is 7. The SMILES string of the molecule is C=C(C=CC=C(COCCO)C1CCC2(C1O)C1C(=C(C)C=O)C(C=CC1CCO)CC2(O)CCNC)C1CC=C(C)C(O)NC(C)Cc2cccc(c2)C1. The van der Waals surface area contributed by atoms with E-state index < -0.39 is 23.3 Å². The molecule has 4 bridgehead atoms. The van der Waals surface area contributed by atoms with E-state index in [0.29, 0.717) is 50.6 Å². The highest BCUT2D eigenvalue weighted by Crippen LogP contribution is 2.67. The number of aliphatic hydroxyl groups excluding tert-OH is 4. The van der Waals surface area contributed by atoms with Gasteiger partial charge >= 0.3 is 0 Å². The lowest BCUT2D eigenvalue weighted by Gasteiger charge is -2.61. The number of allylic oxidation sites excluding steroid dienone is 9. The molecule has 0 amide bonds. The second-order valence-electron chi connectivity index (χ2n) is 16.7. The van der Waals surface area contributed by atoms with Gasteiger partial charge in [0.05, 0.1) is 31.5 Å². The fourth-order valence-electron chi connectivity index (χ4n) is 10.4. The van der Waals surface area contributed by atoms with E-state index in [1.165, 1.54) is 11.1 Å². The van der Waals surface area contributed by atoms with Crippen molar-refractivity contribution in [3.05, 3.63) is 106 Å². The number of ether oxygens (including phenoxy) is 1. The largest absolute Gasteiger partial charge is 0.396 e. The van der Waals surface area contributed by atoms with Gasteiger partial charge in [0.15, 0.2) is 0 Å². The summed E-state index contributed by atoms with van der Waals surface area (Å²) >= 11 is 0. The average Bonchev–Trinajstić information content (AvgIpc) is 3.51. The molecule has 10 unspecified atom stereocenters. The maximum absolute atomic E-state index is 12.9. The molecular formula is C46H66N2O7. The van der Waals surface area contributed by atoms with Crippen molar-refractivity contribution < 1.29 is 35.1 Å². The molecule has 9 heteroatoms. The third-order valence-corrected chi connectivity index (χ3v) is 13.1. The fraction of sp³-hybridized carbons (Fsp3) is 0.587. The van der Waals surface area contributed by atoms with Crippen molar-refractivity contribution in [3.8, 4) is 0 Å². The monoisotopic (exact) mass is 758 g/mol.